The van der Waals surface area contributed by atoms with Crippen molar-refractivity contribution in [1.82, 2.24) is 40.2 Å². The van der Waals surface area contributed by atoms with E-state index in [9.17, 15) is 37.5 Å². The van der Waals surface area contributed by atoms with Gasteiger partial charge in [0.15, 0.2) is 10.8 Å². The zero-order valence-corrected chi connectivity index (χ0v) is 27.9. The third kappa shape index (κ3) is 7.26. The van der Waals surface area contributed by atoms with Gasteiger partial charge in [0.1, 0.15) is 27.8 Å². The number of β-lactam (4-membered cyclic amide) rings is 1. The lowest BCUT2D eigenvalue weighted by Crippen LogP contribution is -2.71. The molecule has 0 aromatic carbocycles. The smallest absolute Gasteiger partial charge is 0.453 e. The second-order valence-corrected chi connectivity index (χ2v) is 13.6. The number of fused-ring (bicyclic) bond motifs is 2. The van der Waals surface area contributed by atoms with Crippen LogP contribution in [-0.4, -0.2) is 99.6 Å². The number of hydrogen-bond acceptors (Lipinski definition) is 16. The molecule has 262 valence electrons. The number of nitrogens with one attached hydrogen (secondary N) is 2. The number of nitrogens with zero attached hydrogens (tertiary/aromatic N) is 7. The van der Waals surface area contributed by atoms with Gasteiger partial charge in [0.05, 0.1) is 12.3 Å². The summed E-state index contributed by atoms with van der Waals surface area (Å²) in [7, 11) is 1.35. The Morgan fingerprint density at radius 3 is 2.59 bits per heavy atom. The van der Waals surface area contributed by atoms with Crippen LogP contribution in [0.25, 0.3) is 5.78 Å². The van der Waals surface area contributed by atoms with E-state index < -0.39 is 58.4 Å². The number of alkyl halides is 3. The lowest BCUT2D eigenvalue weighted by Gasteiger charge is -2.49. The number of carbonyl (C=O) groups is 4. The number of aliphatic carboxylic acids is 1. The number of methoxy groups -OCH3 is 1. The SMILES string of the molecule is COCc1cc(SCC2=C(C(=O)O)N3C(=O)C(NC(=O)C(=NOC(C)(C)C(=O)NN)c4csc(N)n4)[C@H]3SC2)nc2nc(C(F)(F)F)nn12. The number of hydrazine groups is 1. The van der Waals surface area contributed by atoms with Crippen molar-refractivity contribution in [1.29, 1.82) is 0 Å². The molecular weight excluding hydrogens is 720 g/mol. The zero-order chi connectivity index (χ0) is 35.8. The summed E-state index contributed by atoms with van der Waals surface area (Å²) in [5.41, 5.74) is 5.87. The first kappa shape index (κ1) is 35.8. The standard InChI is InChI=1S/C25H26F3N11O7S3/c1-24(2,21(44)35-30)46-37-13(11-8-49-22(29)31-11)16(40)33-14-17(41)38-15(19(42)43)9(7-48-18(14)38)6-47-12-4-10(5-45-3)39-23(32-12)34-20(36-39)25(26,27)28/h4,8,14,18H,5-7,30H2,1-3H3,(H2,29,31)(H,33,40)(H,35,44)(H,42,43)/t14?,18-/m1/s1. The molecular formula is C25H26F3N11O7S3. The second-order valence-electron chi connectivity index (χ2n) is 10.7. The van der Waals surface area contributed by atoms with Gasteiger partial charge in [0.25, 0.3) is 29.3 Å². The predicted octanol–water partition coefficient (Wildman–Crippen LogP) is 0.348. The van der Waals surface area contributed by atoms with Crippen molar-refractivity contribution in [3.63, 3.8) is 0 Å². The van der Waals surface area contributed by atoms with Crippen molar-refractivity contribution in [2.45, 2.75) is 48.7 Å². The quantitative estimate of drug-likeness (QED) is 0.0319. The fraction of sp³-hybridized carbons (Fsp3) is 0.400. The fourth-order valence-corrected chi connectivity index (χ4v) is 7.44. The first-order chi connectivity index (χ1) is 23.0. The first-order valence-corrected chi connectivity index (χ1v) is 16.6. The highest BCUT2D eigenvalue weighted by Gasteiger charge is 2.54. The maximum Gasteiger partial charge on any atom is 0.453 e. The summed E-state index contributed by atoms with van der Waals surface area (Å²) in [6, 6.07) is 0.275. The van der Waals surface area contributed by atoms with E-state index in [-0.39, 0.29) is 51.1 Å². The van der Waals surface area contributed by atoms with Crippen molar-refractivity contribution in [3.8, 4) is 0 Å². The average molecular weight is 746 g/mol. The molecule has 2 aliphatic heterocycles. The van der Waals surface area contributed by atoms with Gasteiger partial charge in [-0.05, 0) is 25.5 Å². The molecule has 2 aliphatic rings. The Morgan fingerprint density at radius 1 is 1.24 bits per heavy atom. The van der Waals surface area contributed by atoms with Crippen LogP contribution in [0.2, 0.25) is 0 Å². The van der Waals surface area contributed by atoms with Gasteiger partial charge < -0.3 is 25.7 Å². The molecule has 1 unspecified atom stereocenters. The molecule has 0 saturated carbocycles. The molecule has 0 aliphatic carbocycles. The molecule has 1 fully saturated rings. The van der Waals surface area contributed by atoms with Gasteiger partial charge >= 0.3 is 12.1 Å². The van der Waals surface area contributed by atoms with Gasteiger partial charge in [0.2, 0.25) is 5.60 Å². The monoisotopic (exact) mass is 745 g/mol. The summed E-state index contributed by atoms with van der Waals surface area (Å²) in [6.45, 7) is 2.58. The third-order valence-electron chi connectivity index (χ3n) is 6.86. The minimum absolute atomic E-state index is 0.00355. The van der Waals surface area contributed by atoms with E-state index in [1.54, 1.807) is 0 Å². The number of anilines is 1. The van der Waals surface area contributed by atoms with Crippen molar-refractivity contribution in [2.24, 2.45) is 11.0 Å². The minimum Gasteiger partial charge on any atom is -0.477 e. The third-order valence-corrected chi connectivity index (χ3v) is 9.87. The van der Waals surface area contributed by atoms with E-state index in [1.807, 2.05) is 5.43 Å². The molecule has 49 heavy (non-hydrogen) atoms. The largest absolute Gasteiger partial charge is 0.477 e. The van der Waals surface area contributed by atoms with Gasteiger partial charge in [-0.1, -0.05) is 5.16 Å². The molecule has 24 heteroatoms. The van der Waals surface area contributed by atoms with Gasteiger partial charge in [-0.25, -0.2) is 20.6 Å². The topological polar surface area (TPSA) is 255 Å². The van der Waals surface area contributed by atoms with Crippen LogP contribution in [0.4, 0.5) is 18.3 Å². The Labute approximate surface area is 285 Å². The lowest BCUT2D eigenvalue weighted by atomic mass is 10.0. The molecule has 18 nitrogen and oxygen atoms in total. The molecule has 3 aromatic rings. The van der Waals surface area contributed by atoms with Crippen molar-refractivity contribution in [2.75, 3.05) is 24.3 Å². The van der Waals surface area contributed by atoms with Crippen molar-refractivity contribution in [3.05, 3.63) is 39.9 Å². The molecule has 3 amide bonds. The Bertz CT molecular complexity index is 1900. The van der Waals surface area contributed by atoms with E-state index in [0.717, 1.165) is 32.5 Å². The molecule has 0 radical (unpaired) electrons. The van der Waals surface area contributed by atoms with Crippen LogP contribution in [0.1, 0.15) is 31.1 Å². The van der Waals surface area contributed by atoms with Crippen LogP contribution in [0.3, 0.4) is 0 Å². The number of carbonyl (C=O) groups excluding carboxylic acids is 3. The van der Waals surface area contributed by atoms with Gasteiger partial charge in [0, 0.05) is 24.0 Å². The Balaban J connectivity index is 1.34. The highest BCUT2D eigenvalue weighted by molar-refractivity contribution is 8.01. The number of nitrogens with two attached hydrogens (primary N) is 2. The number of aromatic nitrogens is 5. The van der Waals surface area contributed by atoms with Gasteiger partial charge in [-0.3, -0.25) is 24.7 Å². The molecule has 2 atom stereocenters. The molecule has 5 heterocycles. The van der Waals surface area contributed by atoms with Crippen LogP contribution in [0, 0.1) is 0 Å². The zero-order valence-electron chi connectivity index (χ0n) is 25.5. The number of nitrogen functional groups attached to an aromatic ring is 1. The number of oxime groups is 1. The Kier molecular flexibility index (Phi) is 10.1. The van der Waals surface area contributed by atoms with Gasteiger partial charge in [-0.2, -0.15) is 22.7 Å². The Hall–Kier alpha value is -4.52. The van der Waals surface area contributed by atoms with E-state index in [0.29, 0.717) is 5.57 Å². The maximum absolute atomic E-state index is 13.4. The summed E-state index contributed by atoms with van der Waals surface area (Å²) < 4.78 is 45.7. The summed E-state index contributed by atoms with van der Waals surface area (Å²) >= 11 is 3.20. The maximum atomic E-state index is 13.4. The number of carboxylic acids is 1. The summed E-state index contributed by atoms with van der Waals surface area (Å²) in [6.07, 6.45) is -4.81. The number of halogens is 3. The number of thioether (sulfide) groups is 2. The summed E-state index contributed by atoms with van der Waals surface area (Å²) in [5.74, 6) is -0.190. The van der Waals surface area contributed by atoms with Crippen LogP contribution in [0.5, 0.6) is 0 Å². The average Bonchev–Trinajstić information content (AvgIpc) is 3.68. The van der Waals surface area contributed by atoms with Crippen molar-refractivity contribution >= 4 is 75.2 Å². The van der Waals surface area contributed by atoms with Crippen LogP contribution in [0.15, 0.2) is 32.9 Å². The lowest BCUT2D eigenvalue weighted by molar-refractivity contribution is -0.150. The van der Waals surface area contributed by atoms with Crippen molar-refractivity contribution < 1.29 is 47.0 Å². The molecule has 5 rings (SSSR count). The minimum atomic E-state index is -4.81. The second kappa shape index (κ2) is 13.8. The number of hydrogen-bond donors (Lipinski definition) is 5. The van der Waals surface area contributed by atoms with Gasteiger partial charge in [-0.15, -0.1) is 40.0 Å². The first-order valence-electron chi connectivity index (χ1n) is 13.7. The van der Waals surface area contributed by atoms with Crippen LogP contribution in [-0.2, 0) is 41.5 Å². The number of thiazole rings is 1. The van der Waals surface area contributed by atoms with E-state index >= 15 is 0 Å². The molecule has 1 saturated heterocycles. The normalized spacial score (nSPS) is 18.3. The fourth-order valence-electron chi connectivity index (χ4n) is 4.49. The van der Waals surface area contributed by atoms with E-state index in [4.69, 9.17) is 21.2 Å². The molecule has 3 aromatic heterocycles. The highest BCUT2D eigenvalue weighted by atomic mass is 32.2. The van der Waals surface area contributed by atoms with E-state index in [2.05, 4.69) is 30.5 Å². The molecule has 0 bridgehead atoms. The molecule has 0 spiro atoms. The summed E-state index contributed by atoms with van der Waals surface area (Å²) in [5, 5.41) is 20.8. The molecule has 7 N–H and O–H groups in total. The Morgan fingerprint density at radius 2 is 1.98 bits per heavy atom. The van der Waals surface area contributed by atoms with Crippen LogP contribution < -0.4 is 22.3 Å². The highest BCUT2D eigenvalue weighted by Crippen LogP contribution is 2.41. The summed E-state index contributed by atoms with van der Waals surface area (Å²) in [4.78, 5) is 69.1. The number of carboxylic acid groups (broad SMARTS) is 1. The predicted molar refractivity (Wildman–Crippen MR) is 167 cm³/mol. The number of ether oxygens (including phenoxy) is 1. The van der Waals surface area contributed by atoms with Crippen LogP contribution >= 0.6 is 34.9 Å². The van der Waals surface area contributed by atoms with E-state index in [1.165, 1.54) is 44.2 Å². The number of rotatable bonds is 12. The number of amides is 3.